The van der Waals surface area contributed by atoms with Crippen LogP contribution in [0, 0.1) is 0 Å². The zero-order valence-corrected chi connectivity index (χ0v) is 13.3. The number of amides is 2. The van der Waals surface area contributed by atoms with Crippen molar-refractivity contribution in [2.24, 2.45) is 0 Å². The molecule has 0 unspecified atom stereocenters. The quantitative estimate of drug-likeness (QED) is 0.348. The standard InChI is InChI=1S/C17H16N2O3S/c1-3-10-18-15(20)14(9-5-7-13-8-6-12-22-13)16(21)19(11-4-2)17(18)23/h3-9,12H,1-2,10-11H2/b7-5+. The van der Waals surface area contributed by atoms with Crippen molar-refractivity contribution >= 4 is 35.2 Å². The van der Waals surface area contributed by atoms with Crippen molar-refractivity contribution in [1.29, 1.82) is 0 Å². The summed E-state index contributed by atoms with van der Waals surface area (Å²) in [6.45, 7) is 7.69. The number of carbonyl (C=O) groups is 2. The van der Waals surface area contributed by atoms with Crippen LogP contribution in [0.5, 0.6) is 0 Å². The lowest BCUT2D eigenvalue weighted by molar-refractivity contribution is -0.133. The van der Waals surface area contributed by atoms with Gasteiger partial charge in [-0.2, -0.15) is 0 Å². The number of rotatable bonds is 6. The minimum Gasteiger partial charge on any atom is -0.465 e. The first-order valence-electron chi connectivity index (χ1n) is 6.91. The Morgan fingerprint density at radius 2 is 1.74 bits per heavy atom. The van der Waals surface area contributed by atoms with Gasteiger partial charge in [0, 0.05) is 13.1 Å². The second kappa shape index (κ2) is 7.51. The van der Waals surface area contributed by atoms with E-state index in [1.54, 1.807) is 42.7 Å². The fourth-order valence-electron chi connectivity index (χ4n) is 2.05. The highest BCUT2D eigenvalue weighted by Gasteiger charge is 2.37. The first-order valence-corrected chi connectivity index (χ1v) is 7.32. The lowest BCUT2D eigenvalue weighted by Gasteiger charge is -2.35. The zero-order chi connectivity index (χ0) is 16.8. The molecule has 0 aliphatic carbocycles. The van der Waals surface area contributed by atoms with Crippen LogP contribution in [0.15, 0.2) is 65.8 Å². The molecular formula is C17H16N2O3S. The molecule has 0 N–H and O–H groups in total. The van der Waals surface area contributed by atoms with Crippen LogP contribution in [-0.4, -0.2) is 39.8 Å². The summed E-state index contributed by atoms with van der Waals surface area (Å²) in [5.74, 6) is -0.257. The van der Waals surface area contributed by atoms with Gasteiger partial charge in [-0.25, -0.2) is 0 Å². The lowest BCUT2D eigenvalue weighted by Crippen LogP contribution is -2.56. The molecule has 1 aromatic heterocycles. The third kappa shape index (κ3) is 3.54. The first kappa shape index (κ1) is 16.6. The normalized spacial score (nSPS) is 15.5. The SMILES string of the molecule is C=CCN1C(=O)C(=C/C=C/c2ccco2)C(=O)N(CC=C)C1=S. The topological polar surface area (TPSA) is 53.8 Å². The van der Waals surface area contributed by atoms with E-state index >= 15 is 0 Å². The van der Waals surface area contributed by atoms with E-state index in [0.717, 1.165) is 0 Å². The molecule has 0 saturated carbocycles. The molecule has 2 heterocycles. The van der Waals surface area contributed by atoms with Gasteiger partial charge in [0.25, 0.3) is 11.8 Å². The molecule has 0 bridgehead atoms. The van der Waals surface area contributed by atoms with Crippen molar-refractivity contribution in [2.75, 3.05) is 13.1 Å². The Labute approximate surface area is 139 Å². The third-order valence-electron chi connectivity index (χ3n) is 3.10. The summed E-state index contributed by atoms with van der Waals surface area (Å²) >= 11 is 5.22. The van der Waals surface area contributed by atoms with Gasteiger partial charge in [-0.3, -0.25) is 19.4 Å². The maximum absolute atomic E-state index is 12.5. The van der Waals surface area contributed by atoms with Crippen LogP contribution in [0.2, 0.25) is 0 Å². The van der Waals surface area contributed by atoms with Crippen LogP contribution in [0.1, 0.15) is 5.76 Å². The number of furan rings is 1. The second-order valence-electron chi connectivity index (χ2n) is 4.65. The third-order valence-corrected chi connectivity index (χ3v) is 3.54. The molecule has 0 aromatic carbocycles. The molecule has 1 fully saturated rings. The van der Waals surface area contributed by atoms with Gasteiger partial charge in [-0.1, -0.05) is 18.2 Å². The highest BCUT2D eigenvalue weighted by atomic mass is 32.1. The van der Waals surface area contributed by atoms with Crippen molar-refractivity contribution in [3.8, 4) is 0 Å². The molecule has 23 heavy (non-hydrogen) atoms. The van der Waals surface area contributed by atoms with Crippen molar-refractivity contribution < 1.29 is 14.0 Å². The molecule has 1 aromatic rings. The van der Waals surface area contributed by atoms with Crippen LogP contribution in [-0.2, 0) is 9.59 Å². The molecule has 2 rings (SSSR count). The maximum atomic E-state index is 12.5. The molecule has 0 radical (unpaired) electrons. The average Bonchev–Trinajstić information content (AvgIpc) is 3.05. The fraction of sp³-hybridized carbons (Fsp3) is 0.118. The molecule has 5 nitrogen and oxygen atoms in total. The highest BCUT2D eigenvalue weighted by Crippen LogP contribution is 2.18. The number of hydrogen-bond acceptors (Lipinski definition) is 4. The molecule has 6 heteroatoms. The van der Waals surface area contributed by atoms with Crippen LogP contribution >= 0.6 is 12.2 Å². The number of thiocarbonyl (C=S) groups is 1. The van der Waals surface area contributed by atoms with Crippen molar-refractivity contribution in [3.63, 3.8) is 0 Å². The minimum atomic E-state index is -0.440. The van der Waals surface area contributed by atoms with Crippen LogP contribution in [0.25, 0.3) is 6.08 Å². The zero-order valence-electron chi connectivity index (χ0n) is 12.5. The van der Waals surface area contributed by atoms with E-state index in [1.165, 1.54) is 15.9 Å². The van der Waals surface area contributed by atoms with Crippen LogP contribution in [0.4, 0.5) is 0 Å². The largest absolute Gasteiger partial charge is 0.465 e. The Morgan fingerprint density at radius 1 is 1.13 bits per heavy atom. The highest BCUT2D eigenvalue weighted by molar-refractivity contribution is 7.80. The van der Waals surface area contributed by atoms with E-state index in [2.05, 4.69) is 13.2 Å². The number of hydrogen-bond donors (Lipinski definition) is 0. The summed E-state index contributed by atoms with van der Waals surface area (Å²) in [6, 6.07) is 3.52. The predicted molar refractivity (Wildman–Crippen MR) is 92.2 cm³/mol. The van der Waals surface area contributed by atoms with Crippen molar-refractivity contribution in [3.05, 3.63) is 67.2 Å². The van der Waals surface area contributed by atoms with E-state index < -0.39 is 11.8 Å². The Balaban J connectivity index is 2.33. The van der Waals surface area contributed by atoms with E-state index in [4.69, 9.17) is 16.6 Å². The van der Waals surface area contributed by atoms with Gasteiger partial charge in [-0.15, -0.1) is 13.2 Å². The summed E-state index contributed by atoms with van der Waals surface area (Å²) in [4.78, 5) is 27.6. The summed E-state index contributed by atoms with van der Waals surface area (Å²) < 4.78 is 5.16. The summed E-state index contributed by atoms with van der Waals surface area (Å²) in [5.41, 5.74) is 0.0325. The summed E-state index contributed by atoms with van der Waals surface area (Å²) in [5, 5.41) is 0.159. The molecule has 1 aliphatic heterocycles. The van der Waals surface area contributed by atoms with E-state index in [0.29, 0.717) is 5.76 Å². The van der Waals surface area contributed by atoms with Gasteiger partial charge in [0.2, 0.25) is 0 Å². The van der Waals surface area contributed by atoms with Gasteiger partial charge in [0.1, 0.15) is 11.3 Å². The first-order chi connectivity index (χ1) is 11.1. The van der Waals surface area contributed by atoms with Crippen molar-refractivity contribution in [2.45, 2.75) is 0 Å². The van der Waals surface area contributed by atoms with E-state index in [9.17, 15) is 9.59 Å². The fourth-order valence-corrected chi connectivity index (χ4v) is 2.36. The minimum absolute atomic E-state index is 0.0325. The molecular weight excluding hydrogens is 312 g/mol. The Morgan fingerprint density at radius 3 is 2.22 bits per heavy atom. The molecule has 0 atom stereocenters. The maximum Gasteiger partial charge on any atom is 0.265 e. The second-order valence-corrected chi connectivity index (χ2v) is 5.01. The van der Waals surface area contributed by atoms with Gasteiger partial charge < -0.3 is 4.42 Å². The lowest BCUT2D eigenvalue weighted by atomic mass is 10.1. The van der Waals surface area contributed by atoms with Gasteiger partial charge in [0.15, 0.2) is 5.11 Å². The Hall–Kier alpha value is -2.73. The molecule has 0 spiro atoms. The summed E-state index contributed by atoms with van der Waals surface area (Å²) in [6.07, 6.45) is 9.37. The molecule has 118 valence electrons. The average molecular weight is 328 g/mol. The van der Waals surface area contributed by atoms with E-state index in [1.807, 2.05) is 0 Å². The monoisotopic (exact) mass is 328 g/mol. The van der Waals surface area contributed by atoms with Gasteiger partial charge in [-0.05, 0) is 36.5 Å². The Kier molecular flexibility index (Phi) is 5.43. The number of nitrogens with zero attached hydrogens (tertiary/aromatic N) is 2. The van der Waals surface area contributed by atoms with Crippen LogP contribution < -0.4 is 0 Å². The predicted octanol–water partition coefficient (Wildman–Crippen LogP) is 2.55. The van der Waals surface area contributed by atoms with Crippen LogP contribution in [0.3, 0.4) is 0 Å². The molecule has 2 amide bonds. The van der Waals surface area contributed by atoms with E-state index in [-0.39, 0.29) is 23.8 Å². The summed E-state index contributed by atoms with van der Waals surface area (Å²) in [7, 11) is 0. The number of allylic oxidation sites excluding steroid dienone is 2. The van der Waals surface area contributed by atoms with Gasteiger partial charge in [0.05, 0.1) is 6.26 Å². The van der Waals surface area contributed by atoms with Crippen molar-refractivity contribution in [1.82, 2.24) is 9.80 Å². The molecule has 1 saturated heterocycles. The Bertz CT molecular complexity index is 667. The number of carbonyl (C=O) groups excluding carboxylic acids is 2. The van der Waals surface area contributed by atoms with Gasteiger partial charge >= 0.3 is 0 Å². The smallest absolute Gasteiger partial charge is 0.265 e. The molecule has 1 aliphatic rings.